The zero-order valence-corrected chi connectivity index (χ0v) is 8.33. The molecule has 0 atom stereocenters. The SMILES string of the molecule is CCN(c1ccc(N)cc1F)C1CC1. The third-order valence-electron chi connectivity index (χ3n) is 2.61. The summed E-state index contributed by atoms with van der Waals surface area (Å²) in [4.78, 5) is 2.11. The molecule has 2 nitrogen and oxygen atoms in total. The second-order valence-electron chi connectivity index (χ2n) is 3.73. The Morgan fingerprint density at radius 2 is 2.21 bits per heavy atom. The van der Waals surface area contributed by atoms with Gasteiger partial charge in [0, 0.05) is 18.3 Å². The number of halogens is 1. The van der Waals surface area contributed by atoms with E-state index in [0.29, 0.717) is 17.4 Å². The summed E-state index contributed by atoms with van der Waals surface area (Å²) < 4.78 is 13.6. The largest absolute Gasteiger partial charge is 0.399 e. The van der Waals surface area contributed by atoms with Gasteiger partial charge in [0.05, 0.1) is 5.69 Å². The molecular weight excluding hydrogens is 179 g/mol. The first-order valence-corrected chi connectivity index (χ1v) is 5.04. The Morgan fingerprint density at radius 1 is 1.50 bits per heavy atom. The summed E-state index contributed by atoms with van der Waals surface area (Å²) in [7, 11) is 0. The van der Waals surface area contributed by atoms with Gasteiger partial charge in [-0.2, -0.15) is 0 Å². The van der Waals surface area contributed by atoms with Crippen molar-refractivity contribution in [3.8, 4) is 0 Å². The van der Waals surface area contributed by atoms with E-state index < -0.39 is 0 Å². The smallest absolute Gasteiger partial charge is 0.148 e. The van der Waals surface area contributed by atoms with Crippen LogP contribution in [0.2, 0.25) is 0 Å². The zero-order valence-electron chi connectivity index (χ0n) is 8.33. The van der Waals surface area contributed by atoms with Crippen LogP contribution in [0.25, 0.3) is 0 Å². The van der Waals surface area contributed by atoms with Crippen LogP contribution in [0.5, 0.6) is 0 Å². The normalized spacial score (nSPS) is 15.6. The van der Waals surface area contributed by atoms with Crippen molar-refractivity contribution >= 4 is 11.4 Å². The lowest BCUT2D eigenvalue weighted by atomic mass is 10.2. The van der Waals surface area contributed by atoms with E-state index in [4.69, 9.17) is 5.73 Å². The number of nitrogen functional groups attached to an aromatic ring is 1. The number of hydrogen-bond donors (Lipinski definition) is 1. The molecule has 2 N–H and O–H groups in total. The quantitative estimate of drug-likeness (QED) is 0.749. The highest BCUT2D eigenvalue weighted by atomic mass is 19.1. The summed E-state index contributed by atoms with van der Waals surface area (Å²) >= 11 is 0. The van der Waals surface area contributed by atoms with Crippen molar-refractivity contribution < 1.29 is 4.39 Å². The van der Waals surface area contributed by atoms with Crippen LogP contribution in [0, 0.1) is 5.82 Å². The topological polar surface area (TPSA) is 29.3 Å². The predicted molar refractivity (Wildman–Crippen MR) is 56.9 cm³/mol. The molecule has 0 unspecified atom stereocenters. The van der Waals surface area contributed by atoms with Gasteiger partial charge in [0.15, 0.2) is 0 Å². The lowest BCUT2D eigenvalue weighted by Crippen LogP contribution is -2.25. The molecule has 1 fully saturated rings. The van der Waals surface area contributed by atoms with Gasteiger partial charge in [-0.15, -0.1) is 0 Å². The van der Waals surface area contributed by atoms with Crippen LogP contribution in [0.1, 0.15) is 19.8 Å². The second kappa shape index (κ2) is 3.48. The van der Waals surface area contributed by atoms with Crippen molar-refractivity contribution in [1.82, 2.24) is 0 Å². The summed E-state index contributed by atoms with van der Waals surface area (Å²) in [5.41, 5.74) is 6.67. The Balaban J connectivity index is 2.29. The van der Waals surface area contributed by atoms with Gasteiger partial charge < -0.3 is 10.6 Å². The number of nitrogens with zero attached hydrogens (tertiary/aromatic N) is 1. The van der Waals surface area contributed by atoms with Crippen molar-refractivity contribution in [2.45, 2.75) is 25.8 Å². The van der Waals surface area contributed by atoms with Crippen LogP contribution >= 0.6 is 0 Å². The summed E-state index contributed by atoms with van der Waals surface area (Å²) in [5.74, 6) is -0.209. The van der Waals surface area contributed by atoms with Gasteiger partial charge in [-0.3, -0.25) is 0 Å². The second-order valence-corrected chi connectivity index (χ2v) is 3.73. The molecule has 0 aromatic heterocycles. The van der Waals surface area contributed by atoms with E-state index in [0.717, 1.165) is 6.54 Å². The van der Waals surface area contributed by atoms with Crippen LogP contribution in [-0.2, 0) is 0 Å². The first-order chi connectivity index (χ1) is 6.72. The minimum Gasteiger partial charge on any atom is -0.399 e. The van der Waals surface area contributed by atoms with Crippen molar-refractivity contribution in [2.75, 3.05) is 17.2 Å². The van der Waals surface area contributed by atoms with E-state index >= 15 is 0 Å². The van der Waals surface area contributed by atoms with Crippen molar-refractivity contribution in [3.05, 3.63) is 24.0 Å². The van der Waals surface area contributed by atoms with Gasteiger partial charge in [-0.25, -0.2) is 4.39 Å². The molecule has 0 radical (unpaired) electrons. The summed E-state index contributed by atoms with van der Waals surface area (Å²) in [6.07, 6.45) is 2.36. The molecule has 3 heteroatoms. The minimum absolute atomic E-state index is 0.209. The molecule has 0 heterocycles. The first kappa shape index (κ1) is 9.31. The predicted octanol–water partition coefficient (Wildman–Crippen LogP) is 2.40. The van der Waals surface area contributed by atoms with Gasteiger partial charge in [0.1, 0.15) is 5.82 Å². The lowest BCUT2D eigenvalue weighted by Gasteiger charge is -2.23. The average molecular weight is 194 g/mol. The number of benzene rings is 1. The fourth-order valence-electron chi connectivity index (χ4n) is 1.77. The van der Waals surface area contributed by atoms with Crippen LogP contribution < -0.4 is 10.6 Å². The zero-order chi connectivity index (χ0) is 10.1. The van der Waals surface area contributed by atoms with Gasteiger partial charge in [0.25, 0.3) is 0 Å². The highest BCUT2D eigenvalue weighted by Gasteiger charge is 2.29. The van der Waals surface area contributed by atoms with Crippen molar-refractivity contribution in [1.29, 1.82) is 0 Å². The maximum atomic E-state index is 13.6. The van der Waals surface area contributed by atoms with Gasteiger partial charge >= 0.3 is 0 Å². The van der Waals surface area contributed by atoms with Crippen LogP contribution in [0.4, 0.5) is 15.8 Å². The molecular formula is C11H15FN2. The van der Waals surface area contributed by atoms with E-state index in [1.165, 1.54) is 18.9 Å². The Morgan fingerprint density at radius 3 is 2.71 bits per heavy atom. The van der Waals surface area contributed by atoms with Crippen molar-refractivity contribution in [2.24, 2.45) is 0 Å². The molecule has 0 spiro atoms. The highest BCUT2D eigenvalue weighted by molar-refractivity contribution is 5.55. The molecule has 1 aliphatic carbocycles. The first-order valence-electron chi connectivity index (χ1n) is 5.04. The van der Waals surface area contributed by atoms with Crippen molar-refractivity contribution in [3.63, 3.8) is 0 Å². The van der Waals surface area contributed by atoms with E-state index in [1.807, 2.05) is 6.92 Å². The molecule has 1 aliphatic rings. The van der Waals surface area contributed by atoms with E-state index in [1.54, 1.807) is 12.1 Å². The monoisotopic (exact) mass is 194 g/mol. The Kier molecular flexibility index (Phi) is 2.32. The number of rotatable bonds is 3. The standard InChI is InChI=1S/C11H15FN2/c1-2-14(9-4-5-9)11-6-3-8(13)7-10(11)12/h3,6-7,9H,2,4-5,13H2,1H3. The minimum atomic E-state index is -0.209. The average Bonchev–Trinajstić information content (AvgIpc) is 2.93. The highest BCUT2D eigenvalue weighted by Crippen LogP contribution is 2.33. The van der Waals surface area contributed by atoms with Gasteiger partial charge in [0.2, 0.25) is 0 Å². The van der Waals surface area contributed by atoms with E-state index in [2.05, 4.69) is 4.90 Å². The molecule has 1 saturated carbocycles. The molecule has 2 rings (SSSR count). The molecule has 0 bridgehead atoms. The maximum absolute atomic E-state index is 13.6. The Labute approximate surface area is 83.5 Å². The maximum Gasteiger partial charge on any atom is 0.148 e. The fraction of sp³-hybridized carbons (Fsp3) is 0.455. The Hall–Kier alpha value is -1.25. The lowest BCUT2D eigenvalue weighted by molar-refractivity contribution is 0.618. The molecule has 14 heavy (non-hydrogen) atoms. The Bertz CT molecular complexity index is 334. The number of anilines is 2. The van der Waals surface area contributed by atoms with E-state index in [-0.39, 0.29) is 5.82 Å². The summed E-state index contributed by atoms with van der Waals surface area (Å²) in [6, 6.07) is 5.45. The molecule has 0 saturated heterocycles. The number of hydrogen-bond acceptors (Lipinski definition) is 2. The van der Waals surface area contributed by atoms with E-state index in [9.17, 15) is 4.39 Å². The summed E-state index contributed by atoms with van der Waals surface area (Å²) in [6.45, 7) is 2.90. The summed E-state index contributed by atoms with van der Waals surface area (Å²) in [5, 5.41) is 0. The van der Waals surface area contributed by atoms with Gasteiger partial charge in [-0.1, -0.05) is 0 Å². The molecule has 1 aromatic carbocycles. The molecule has 1 aromatic rings. The molecule has 0 amide bonds. The third-order valence-corrected chi connectivity index (χ3v) is 2.61. The van der Waals surface area contributed by atoms with Crippen LogP contribution in [0.15, 0.2) is 18.2 Å². The fourth-order valence-corrected chi connectivity index (χ4v) is 1.77. The van der Waals surface area contributed by atoms with Crippen LogP contribution in [0.3, 0.4) is 0 Å². The van der Waals surface area contributed by atoms with Gasteiger partial charge in [-0.05, 0) is 38.0 Å². The van der Waals surface area contributed by atoms with Crippen LogP contribution in [-0.4, -0.2) is 12.6 Å². The third kappa shape index (κ3) is 1.67. The number of nitrogens with two attached hydrogens (primary N) is 1. The molecule has 0 aliphatic heterocycles. The molecule has 76 valence electrons.